The van der Waals surface area contributed by atoms with Gasteiger partial charge in [-0.1, -0.05) is 20.8 Å². The van der Waals surface area contributed by atoms with E-state index in [-0.39, 0.29) is 35.3 Å². The smallest absolute Gasteiger partial charge is 0.252 e. The monoisotopic (exact) mass is 445 g/mol. The van der Waals surface area contributed by atoms with Gasteiger partial charge in [-0.2, -0.15) is 10.1 Å². The fraction of sp³-hybridized carbons (Fsp3) is 0.550. The second-order valence-corrected chi connectivity index (χ2v) is 11.4. The number of hydrogen-bond donors (Lipinski definition) is 1. The number of carbonyl (C=O) groups is 1. The molecule has 11 heteroatoms. The molecule has 3 aromatic rings. The summed E-state index contributed by atoms with van der Waals surface area (Å²) in [5.41, 5.74) is 2.26. The highest BCUT2D eigenvalue weighted by atomic mass is 32.2. The normalized spacial score (nSPS) is 18.5. The number of hydrogen-bond acceptors (Lipinski definition) is 7. The van der Waals surface area contributed by atoms with Crippen LogP contribution in [0.5, 0.6) is 0 Å². The highest BCUT2D eigenvalue weighted by Gasteiger charge is 2.33. The molecule has 1 fully saturated rings. The predicted octanol–water partition coefficient (Wildman–Crippen LogP) is 1.78. The molecule has 0 bridgehead atoms. The molecule has 0 aliphatic carbocycles. The first-order valence-corrected chi connectivity index (χ1v) is 12.0. The van der Waals surface area contributed by atoms with E-state index >= 15 is 0 Å². The first-order chi connectivity index (χ1) is 14.4. The fourth-order valence-corrected chi connectivity index (χ4v) is 5.41. The minimum absolute atomic E-state index is 0.0269. The Labute approximate surface area is 181 Å². The molecule has 166 valence electrons. The summed E-state index contributed by atoms with van der Waals surface area (Å²) in [6.45, 7) is 9.85. The van der Waals surface area contributed by atoms with Crippen LogP contribution in [-0.4, -0.2) is 55.2 Å². The molecule has 10 nitrogen and oxygen atoms in total. The van der Waals surface area contributed by atoms with E-state index in [0.29, 0.717) is 23.8 Å². The Morgan fingerprint density at radius 2 is 1.94 bits per heavy atom. The average molecular weight is 446 g/mol. The van der Waals surface area contributed by atoms with E-state index in [4.69, 9.17) is 0 Å². The minimum atomic E-state index is -3.09. The van der Waals surface area contributed by atoms with Gasteiger partial charge < -0.3 is 5.32 Å². The molecule has 31 heavy (non-hydrogen) atoms. The van der Waals surface area contributed by atoms with E-state index in [9.17, 15) is 13.2 Å². The molecule has 1 amide bonds. The lowest BCUT2D eigenvalue weighted by Gasteiger charge is -2.15. The molecular formula is C20H27N7O3S. The summed E-state index contributed by atoms with van der Waals surface area (Å²) in [6, 6.07) is 3.42. The Kier molecular flexibility index (Phi) is 5.11. The molecule has 0 radical (unpaired) electrons. The second-order valence-electron chi connectivity index (χ2n) is 9.17. The molecule has 1 aliphatic heterocycles. The van der Waals surface area contributed by atoms with Gasteiger partial charge in [0.25, 0.3) is 5.78 Å². The Morgan fingerprint density at radius 3 is 2.58 bits per heavy atom. The number of carbonyl (C=O) groups excluding carboxylic acids is 1. The third-order valence-corrected chi connectivity index (χ3v) is 7.06. The van der Waals surface area contributed by atoms with Crippen LogP contribution in [-0.2, 0) is 26.5 Å². The number of aromatic nitrogens is 6. The molecule has 0 unspecified atom stereocenters. The van der Waals surface area contributed by atoms with E-state index in [1.165, 1.54) is 0 Å². The maximum absolute atomic E-state index is 12.8. The molecule has 0 aromatic carbocycles. The topological polar surface area (TPSA) is 124 Å². The Balaban J connectivity index is 1.59. The van der Waals surface area contributed by atoms with E-state index in [2.05, 4.69) is 25.5 Å². The van der Waals surface area contributed by atoms with Crippen molar-refractivity contribution in [3.63, 3.8) is 0 Å². The lowest BCUT2D eigenvalue weighted by atomic mass is 9.92. The quantitative estimate of drug-likeness (QED) is 0.649. The van der Waals surface area contributed by atoms with Crippen LogP contribution < -0.4 is 5.32 Å². The van der Waals surface area contributed by atoms with Crippen molar-refractivity contribution in [2.24, 2.45) is 0 Å². The van der Waals surface area contributed by atoms with Gasteiger partial charge in [0.05, 0.1) is 29.7 Å². The van der Waals surface area contributed by atoms with E-state index in [1.54, 1.807) is 9.20 Å². The third kappa shape index (κ3) is 4.46. The summed E-state index contributed by atoms with van der Waals surface area (Å²) >= 11 is 0. The zero-order chi connectivity index (χ0) is 22.6. The maximum atomic E-state index is 12.8. The van der Waals surface area contributed by atoms with Crippen LogP contribution in [0.3, 0.4) is 0 Å². The number of amides is 1. The molecule has 3 aromatic heterocycles. The van der Waals surface area contributed by atoms with Crippen LogP contribution in [0.15, 0.2) is 12.1 Å². The number of anilines is 1. The van der Waals surface area contributed by atoms with Crippen molar-refractivity contribution >= 4 is 27.3 Å². The van der Waals surface area contributed by atoms with Gasteiger partial charge in [0, 0.05) is 22.9 Å². The molecule has 1 atom stereocenters. The van der Waals surface area contributed by atoms with Crippen molar-refractivity contribution in [1.82, 2.24) is 29.4 Å². The van der Waals surface area contributed by atoms with Crippen molar-refractivity contribution in [3.05, 3.63) is 35.0 Å². The van der Waals surface area contributed by atoms with Gasteiger partial charge >= 0.3 is 0 Å². The lowest BCUT2D eigenvalue weighted by molar-refractivity contribution is -0.115. The van der Waals surface area contributed by atoms with Gasteiger partial charge in [0.1, 0.15) is 5.82 Å². The summed E-state index contributed by atoms with van der Waals surface area (Å²) in [5, 5.41) is 11.9. The summed E-state index contributed by atoms with van der Waals surface area (Å²) in [4.78, 5) is 21.5. The highest BCUT2D eigenvalue weighted by Crippen LogP contribution is 2.30. The van der Waals surface area contributed by atoms with Crippen molar-refractivity contribution < 1.29 is 13.2 Å². The zero-order valence-corrected chi connectivity index (χ0v) is 19.2. The first kappa shape index (κ1) is 21.4. The third-order valence-electron chi connectivity index (χ3n) is 5.31. The SMILES string of the molecule is Cc1cc(C)n2nc(CC(=O)Nc3cc(C(C)(C)C)nn3[C@H]3CCS(=O)(=O)C3)nc2n1. The molecule has 1 N–H and O–H groups in total. The van der Waals surface area contributed by atoms with Gasteiger partial charge in [0.2, 0.25) is 5.91 Å². The second kappa shape index (κ2) is 7.40. The summed E-state index contributed by atoms with van der Waals surface area (Å²) < 4.78 is 27.2. The molecule has 0 spiro atoms. The fourth-order valence-electron chi connectivity index (χ4n) is 3.71. The number of fused-ring (bicyclic) bond motifs is 1. The average Bonchev–Trinajstić information content (AvgIpc) is 3.31. The van der Waals surface area contributed by atoms with Gasteiger partial charge in [-0.15, -0.1) is 5.10 Å². The van der Waals surface area contributed by atoms with Gasteiger partial charge in [-0.25, -0.2) is 22.6 Å². The van der Waals surface area contributed by atoms with Crippen molar-refractivity contribution in [3.8, 4) is 0 Å². The molecule has 0 saturated carbocycles. The minimum Gasteiger partial charge on any atom is -0.310 e. The first-order valence-electron chi connectivity index (χ1n) is 10.2. The molecule has 1 saturated heterocycles. The number of rotatable bonds is 4. The summed E-state index contributed by atoms with van der Waals surface area (Å²) in [6.07, 6.45) is 0.454. The number of sulfone groups is 1. The highest BCUT2D eigenvalue weighted by molar-refractivity contribution is 7.91. The predicted molar refractivity (Wildman–Crippen MR) is 116 cm³/mol. The Morgan fingerprint density at radius 1 is 1.19 bits per heavy atom. The largest absolute Gasteiger partial charge is 0.310 e. The Bertz CT molecular complexity index is 1270. The lowest BCUT2D eigenvalue weighted by Crippen LogP contribution is -2.21. The van der Waals surface area contributed by atoms with Crippen LogP contribution >= 0.6 is 0 Å². The van der Waals surface area contributed by atoms with Crippen LogP contribution in [0.2, 0.25) is 0 Å². The Hall–Kier alpha value is -2.82. The van der Waals surface area contributed by atoms with E-state index in [1.807, 2.05) is 46.8 Å². The van der Waals surface area contributed by atoms with Crippen LogP contribution in [0.4, 0.5) is 5.82 Å². The number of aryl methyl sites for hydroxylation is 2. The molecular weight excluding hydrogens is 418 g/mol. The van der Waals surface area contributed by atoms with Gasteiger partial charge in [-0.3, -0.25) is 4.79 Å². The van der Waals surface area contributed by atoms with Crippen LogP contribution in [0.25, 0.3) is 5.78 Å². The maximum Gasteiger partial charge on any atom is 0.252 e. The van der Waals surface area contributed by atoms with Gasteiger partial charge in [0.15, 0.2) is 15.7 Å². The number of nitrogens with zero attached hydrogens (tertiary/aromatic N) is 6. The standard InChI is InChI=1S/C20H27N7O3S/c1-12-8-13(2)26-19(21-12)22-16(25-26)10-18(28)23-17-9-15(20(3,4)5)24-27(17)14-6-7-31(29,30)11-14/h8-9,14H,6-7,10-11H2,1-5H3,(H,23,28)/t14-/m0/s1. The zero-order valence-electron chi connectivity index (χ0n) is 18.4. The van der Waals surface area contributed by atoms with E-state index in [0.717, 1.165) is 17.1 Å². The van der Waals surface area contributed by atoms with Crippen LogP contribution in [0, 0.1) is 13.8 Å². The van der Waals surface area contributed by atoms with Crippen molar-refractivity contribution in [1.29, 1.82) is 0 Å². The molecule has 1 aliphatic rings. The van der Waals surface area contributed by atoms with Crippen molar-refractivity contribution in [2.45, 2.75) is 58.9 Å². The van der Waals surface area contributed by atoms with Gasteiger partial charge in [-0.05, 0) is 26.3 Å². The summed E-state index contributed by atoms with van der Waals surface area (Å²) in [7, 11) is -3.09. The molecule has 4 heterocycles. The summed E-state index contributed by atoms with van der Waals surface area (Å²) in [5.74, 6) is 1.17. The molecule has 4 rings (SSSR count). The van der Waals surface area contributed by atoms with Crippen molar-refractivity contribution in [2.75, 3.05) is 16.8 Å². The number of nitrogens with one attached hydrogen (secondary N) is 1. The van der Waals surface area contributed by atoms with E-state index < -0.39 is 9.84 Å². The van der Waals surface area contributed by atoms with Crippen LogP contribution in [0.1, 0.15) is 56.1 Å².